The maximum Gasteiger partial charge on any atom is 0.261 e. The number of aryl methyl sites for hydroxylation is 1. The Hall–Kier alpha value is -3.22. The Morgan fingerprint density at radius 3 is 2.34 bits per heavy atom. The number of aromatic amines is 1. The van der Waals surface area contributed by atoms with Crippen LogP contribution in [0.25, 0.3) is 11.3 Å². The van der Waals surface area contributed by atoms with Crippen LogP contribution in [0.2, 0.25) is 0 Å². The number of piperidine rings is 1. The lowest BCUT2D eigenvalue weighted by atomic mass is 10.1. The number of anilines is 2. The second-order valence-corrected chi connectivity index (χ2v) is 7.22. The Balaban J connectivity index is 1.60. The first-order valence-corrected chi connectivity index (χ1v) is 9.70. The zero-order valence-corrected chi connectivity index (χ0v) is 16.1. The second kappa shape index (κ2) is 8.03. The van der Waals surface area contributed by atoms with Gasteiger partial charge in [-0.3, -0.25) is 9.89 Å². The minimum absolute atomic E-state index is 0.406. The predicted molar refractivity (Wildman–Crippen MR) is 109 cm³/mol. The molecule has 1 amide bonds. The van der Waals surface area contributed by atoms with Crippen molar-refractivity contribution in [2.75, 3.05) is 23.3 Å². The highest BCUT2D eigenvalue weighted by Crippen LogP contribution is 2.31. The summed E-state index contributed by atoms with van der Waals surface area (Å²) in [5, 5.41) is 9.73. The summed E-state index contributed by atoms with van der Waals surface area (Å²) in [5.41, 5.74) is 2.88. The van der Waals surface area contributed by atoms with Gasteiger partial charge in [0.15, 0.2) is 0 Å². The quantitative estimate of drug-likeness (QED) is 0.659. The summed E-state index contributed by atoms with van der Waals surface area (Å²) >= 11 is 0. The molecular formula is C22H22F2N4O. The summed E-state index contributed by atoms with van der Waals surface area (Å²) in [5.74, 6) is -2.66. The fraction of sp³-hybridized carbons (Fsp3) is 0.273. The molecule has 1 aliphatic rings. The fourth-order valence-electron chi connectivity index (χ4n) is 3.66. The van der Waals surface area contributed by atoms with E-state index >= 15 is 0 Å². The summed E-state index contributed by atoms with van der Waals surface area (Å²) in [6.07, 6.45) is 3.67. The first-order chi connectivity index (χ1) is 14.0. The monoisotopic (exact) mass is 396 g/mol. The van der Waals surface area contributed by atoms with Gasteiger partial charge in [0.1, 0.15) is 22.9 Å². The Bertz CT molecular complexity index is 1000. The second-order valence-electron chi connectivity index (χ2n) is 7.22. The van der Waals surface area contributed by atoms with Crippen LogP contribution in [0, 0.1) is 18.6 Å². The molecule has 29 heavy (non-hydrogen) atoms. The average Bonchev–Trinajstić information content (AvgIpc) is 3.09. The lowest BCUT2D eigenvalue weighted by molar-refractivity contribution is 0.101. The number of H-pyrrole nitrogens is 1. The van der Waals surface area contributed by atoms with Gasteiger partial charge in [0.05, 0.1) is 11.4 Å². The number of nitrogens with zero attached hydrogens (tertiary/aromatic N) is 2. The molecule has 1 aliphatic heterocycles. The van der Waals surface area contributed by atoms with Crippen LogP contribution >= 0.6 is 0 Å². The lowest BCUT2D eigenvalue weighted by Crippen LogP contribution is -2.29. The molecule has 0 spiro atoms. The van der Waals surface area contributed by atoms with Crippen LogP contribution < -0.4 is 10.2 Å². The number of halogens is 2. The number of hydrogen-bond donors (Lipinski definition) is 2. The van der Waals surface area contributed by atoms with Crippen LogP contribution in [-0.4, -0.2) is 29.2 Å². The molecule has 2 aromatic carbocycles. The summed E-state index contributed by atoms with van der Waals surface area (Å²) in [6, 6.07) is 11.3. The Labute approximate surface area is 167 Å². The van der Waals surface area contributed by atoms with E-state index in [4.69, 9.17) is 0 Å². The smallest absolute Gasteiger partial charge is 0.261 e. The molecule has 2 N–H and O–H groups in total. The molecule has 2 heterocycles. The molecule has 1 saturated heterocycles. The van der Waals surface area contributed by atoms with E-state index in [2.05, 4.69) is 20.4 Å². The number of carbonyl (C=O) groups excluding carboxylic acids is 1. The SMILES string of the molecule is Cc1[nH]nc(-c2ccc(N3CCCCC3)cc2)c1NC(=O)c1c(F)cccc1F. The van der Waals surface area contributed by atoms with Crippen molar-refractivity contribution in [3.63, 3.8) is 0 Å². The highest BCUT2D eigenvalue weighted by Gasteiger charge is 2.21. The Kier molecular flexibility index (Phi) is 5.29. The highest BCUT2D eigenvalue weighted by atomic mass is 19.1. The highest BCUT2D eigenvalue weighted by molar-refractivity contribution is 6.06. The van der Waals surface area contributed by atoms with Crippen LogP contribution in [0.15, 0.2) is 42.5 Å². The molecule has 150 valence electrons. The predicted octanol–water partition coefficient (Wildman–Crippen LogP) is 4.91. The van der Waals surface area contributed by atoms with Crippen molar-refractivity contribution < 1.29 is 13.6 Å². The van der Waals surface area contributed by atoms with Gasteiger partial charge >= 0.3 is 0 Å². The van der Waals surface area contributed by atoms with Gasteiger partial charge in [0, 0.05) is 24.3 Å². The summed E-state index contributed by atoms with van der Waals surface area (Å²) in [7, 11) is 0. The van der Waals surface area contributed by atoms with Crippen molar-refractivity contribution in [1.29, 1.82) is 0 Å². The molecule has 0 unspecified atom stereocenters. The van der Waals surface area contributed by atoms with E-state index in [0.717, 1.165) is 36.5 Å². The zero-order valence-electron chi connectivity index (χ0n) is 16.1. The van der Waals surface area contributed by atoms with Crippen molar-refractivity contribution in [1.82, 2.24) is 10.2 Å². The van der Waals surface area contributed by atoms with Crippen LogP contribution in [-0.2, 0) is 0 Å². The molecule has 3 aromatic rings. The number of benzene rings is 2. The summed E-state index contributed by atoms with van der Waals surface area (Å²) < 4.78 is 27.9. The van der Waals surface area contributed by atoms with Crippen molar-refractivity contribution in [3.05, 3.63) is 65.4 Å². The van der Waals surface area contributed by atoms with E-state index in [1.165, 1.54) is 25.3 Å². The maximum atomic E-state index is 13.9. The Morgan fingerprint density at radius 1 is 1.03 bits per heavy atom. The van der Waals surface area contributed by atoms with Crippen molar-refractivity contribution in [2.24, 2.45) is 0 Å². The molecule has 0 aliphatic carbocycles. The molecule has 5 nitrogen and oxygen atoms in total. The van der Waals surface area contributed by atoms with Crippen LogP contribution in [0.4, 0.5) is 20.2 Å². The number of nitrogens with one attached hydrogen (secondary N) is 2. The molecule has 1 fully saturated rings. The first kappa shape index (κ1) is 19.1. The van der Waals surface area contributed by atoms with Crippen molar-refractivity contribution >= 4 is 17.3 Å². The van der Waals surface area contributed by atoms with Gasteiger partial charge in [0.25, 0.3) is 5.91 Å². The number of amides is 1. The summed E-state index contributed by atoms with van der Waals surface area (Å²) in [4.78, 5) is 14.9. The first-order valence-electron chi connectivity index (χ1n) is 9.70. The van der Waals surface area contributed by atoms with Crippen molar-refractivity contribution in [3.8, 4) is 11.3 Å². The molecule has 0 saturated carbocycles. The van der Waals surface area contributed by atoms with Gasteiger partial charge in [-0.25, -0.2) is 8.78 Å². The Morgan fingerprint density at radius 2 is 1.69 bits per heavy atom. The van der Waals surface area contributed by atoms with Gasteiger partial charge in [0.2, 0.25) is 0 Å². The molecule has 0 radical (unpaired) electrons. The van der Waals surface area contributed by atoms with E-state index < -0.39 is 23.1 Å². The fourth-order valence-corrected chi connectivity index (χ4v) is 3.66. The van der Waals surface area contributed by atoms with Gasteiger partial charge in [-0.2, -0.15) is 5.10 Å². The normalized spacial score (nSPS) is 14.1. The third kappa shape index (κ3) is 3.85. The van der Waals surface area contributed by atoms with E-state index in [-0.39, 0.29) is 0 Å². The van der Waals surface area contributed by atoms with E-state index in [1.54, 1.807) is 6.92 Å². The third-order valence-corrected chi connectivity index (χ3v) is 5.24. The van der Waals surface area contributed by atoms with E-state index in [9.17, 15) is 13.6 Å². The van der Waals surface area contributed by atoms with Gasteiger partial charge < -0.3 is 10.2 Å². The zero-order chi connectivity index (χ0) is 20.4. The van der Waals surface area contributed by atoms with Crippen LogP contribution in [0.1, 0.15) is 35.3 Å². The van der Waals surface area contributed by atoms with Gasteiger partial charge in [-0.1, -0.05) is 18.2 Å². The molecule has 7 heteroatoms. The number of hydrogen-bond acceptors (Lipinski definition) is 3. The average molecular weight is 396 g/mol. The van der Waals surface area contributed by atoms with E-state index in [1.807, 2.05) is 24.3 Å². The number of carbonyl (C=O) groups is 1. The lowest BCUT2D eigenvalue weighted by Gasteiger charge is -2.28. The standard InChI is InChI=1S/C22H22F2N4O/c1-14-20(25-22(29)19-17(23)6-5-7-18(19)24)21(27-26-14)15-8-10-16(11-9-15)28-12-3-2-4-13-28/h5-11H,2-4,12-13H2,1H3,(H,25,29)(H,26,27). The molecule has 1 aromatic heterocycles. The molecule has 4 rings (SSSR count). The van der Waals surface area contributed by atoms with Crippen LogP contribution in [0.3, 0.4) is 0 Å². The van der Waals surface area contributed by atoms with Gasteiger partial charge in [-0.15, -0.1) is 0 Å². The van der Waals surface area contributed by atoms with E-state index in [0.29, 0.717) is 17.1 Å². The minimum atomic E-state index is -0.906. The third-order valence-electron chi connectivity index (χ3n) is 5.24. The molecule has 0 atom stereocenters. The maximum absolute atomic E-state index is 13.9. The molecule has 0 bridgehead atoms. The molecular weight excluding hydrogens is 374 g/mol. The number of rotatable bonds is 4. The largest absolute Gasteiger partial charge is 0.372 e. The minimum Gasteiger partial charge on any atom is -0.372 e. The topological polar surface area (TPSA) is 61.0 Å². The van der Waals surface area contributed by atoms with Crippen LogP contribution in [0.5, 0.6) is 0 Å². The summed E-state index contributed by atoms with van der Waals surface area (Å²) in [6.45, 7) is 3.85. The number of aromatic nitrogens is 2. The van der Waals surface area contributed by atoms with Gasteiger partial charge in [-0.05, 0) is 50.5 Å². The van der Waals surface area contributed by atoms with Crippen molar-refractivity contribution in [2.45, 2.75) is 26.2 Å².